The second-order valence-electron chi connectivity index (χ2n) is 5.00. The molecule has 0 aliphatic rings. The Morgan fingerprint density at radius 3 is 2.48 bits per heavy atom. The van der Waals surface area contributed by atoms with Gasteiger partial charge in [-0.2, -0.15) is 0 Å². The smallest absolute Gasteiger partial charge is 0.251 e. The lowest BCUT2D eigenvalue weighted by Gasteiger charge is -2.11. The Labute approximate surface area is 129 Å². The Bertz CT molecular complexity index is 674. The molecule has 0 aliphatic carbocycles. The molecular formula is C17H19ClN2O. The average molecular weight is 303 g/mol. The molecule has 0 saturated heterocycles. The number of rotatable bonds is 5. The number of hydrogen-bond acceptors (Lipinski definition) is 2. The number of halogens is 1. The lowest BCUT2D eigenvalue weighted by molar-refractivity contribution is 0.527. The maximum atomic E-state index is 12.0. The highest BCUT2D eigenvalue weighted by Gasteiger charge is 2.02. The molecule has 2 aromatic rings. The van der Waals surface area contributed by atoms with Crippen LogP contribution >= 0.6 is 11.6 Å². The van der Waals surface area contributed by atoms with E-state index in [9.17, 15) is 4.79 Å². The highest BCUT2D eigenvalue weighted by atomic mass is 35.5. The summed E-state index contributed by atoms with van der Waals surface area (Å²) in [6, 6.07) is 11.1. The van der Waals surface area contributed by atoms with E-state index < -0.39 is 0 Å². The lowest BCUT2D eigenvalue weighted by Crippen LogP contribution is -2.30. The van der Waals surface area contributed by atoms with Crippen LogP contribution in [-0.2, 0) is 6.54 Å². The topological polar surface area (TPSA) is 48.0 Å². The molecule has 21 heavy (non-hydrogen) atoms. The van der Waals surface area contributed by atoms with Crippen molar-refractivity contribution in [3.8, 4) is 0 Å². The van der Waals surface area contributed by atoms with E-state index in [4.69, 9.17) is 17.3 Å². The van der Waals surface area contributed by atoms with Crippen LogP contribution < -0.4 is 11.3 Å². The van der Waals surface area contributed by atoms with Gasteiger partial charge >= 0.3 is 0 Å². The van der Waals surface area contributed by atoms with Crippen molar-refractivity contribution >= 4 is 23.8 Å². The first-order valence-corrected chi connectivity index (χ1v) is 7.36. The summed E-state index contributed by atoms with van der Waals surface area (Å²) < 4.78 is 1.65. The molecule has 4 heteroatoms. The minimum absolute atomic E-state index is 0.0122. The van der Waals surface area contributed by atoms with Crippen LogP contribution in [0.4, 0.5) is 0 Å². The molecule has 0 saturated carbocycles. The quantitative estimate of drug-likeness (QED) is 0.920. The Kier molecular flexibility index (Phi) is 5.37. The standard InChI is InChI=1S/C17H19ClN2O/c1-2-16(19)12-20-10-9-14(11-17(20)21)4-3-13-5-7-15(18)8-6-13/h3-11,16H,2,12,19H2,1H3/b4-3+. The SMILES string of the molecule is CCC(N)Cn1ccc(/C=C/c2ccc(Cl)cc2)cc1=O. The molecule has 110 valence electrons. The van der Waals surface area contributed by atoms with Crippen LogP contribution in [0.5, 0.6) is 0 Å². The predicted octanol–water partition coefficient (Wildman–Crippen LogP) is 3.41. The number of aromatic nitrogens is 1. The van der Waals surface area contributed by atoms with E-state index in [1.54, 1.807) is 16.8 Å². The third-order valence-electron chi connectivity index (χ3n) is 3.31. The van der Waals surface area contributed by atoms with Gasteiger partial charge < -0.3 is 10.3 Å². The molecule has 1 aromatic carbocycles. The summed E-state index contributed by atoms with van der Waals surface area (Å²) >= 11 is 5.84. The maximum Gasteiger partial charge on any atom is 0.251 e. The van der Waals surface area contributed by atoms with Crippen molar-refractivity contribution in [2.45, 2.75) is 25.9 Å². The fraction of sp³-hybridized carbons (Fsp3) is 0.235. The fourth-order valence-electron chi connectivity index (χ4n) is 1.93. The molecule has 2 N–H and O–H groups in total. The van der Waals surface area contributed by atoms with Gasteiger partial charge in [0.15, 0.2) is 0 Å². The normalized spacial score (nSPS) is 12.7. The largest absolute Gasteiger partial charge is 0.326 e. The third kappa shape index (κ3) is 4.59. The number of benzene rings is 1. The minimum atomic E-state index is -0.0304. The molecule has 2 rings (SSSR count). The van der Waals surface area contributed by atoms with Gasteiger partial charge in [-0.3, -0.25) is 4.79 Å². The van der Waals surface area contributed by atoms with Crippen molar-refractivity contribution < 1.29 is 0 Å². The third-order valence-corrected chi connectivity index (χ3v) is 3.57. The zero-order chi connectivity index (χ0) is 15.2. The van der Waals surface area contributed by atoms with E-state index in [2.05, 4.69) is 0 Å². The molecule has 3 nitrogen and oxygen atoms in total. The molecule has 0 fully saturated rings. The summed E-state index contributed by atoms with van der Waals surface area (Å²) in [7, 11) is 0. The first kappa shape index (κ1) is 15.5. The van der Waals surface area contributed by atoms with E-state index in [0.29, 0.717) is 11.6 Å². The molecular weight excluding hydrogens is 284 g/mol. The second-order valence-corrected chi connectivity index (χ2v) is 5.44. The maximum absolute atomic E-state index is 12.0. The van der Waals surface area contributed by atoms with Gasteiger partial charge in [-0.05, 0) is 35.7 Å². The van der Waals surface area contributed by atoms with Gasteiger partial charge in [-0.1, -0.05) is 42.8 Å². The first-order chi connectivity index (χ1) is 10.1. The zero-order valence-electron chi connectivity index (χ0n) is 12.0. The molecule has 0 aliphatic heterocycles. The van der Waals surface area contributed by atoms with Gasteiger partial charge in [0.05, 0.1) is 0 Å². The summed E-state index contributed by atoms with van der Waals surface area (Å²) in [5.74, 6) is 0. The fourth-order valence-corrected chi connectivity index (χ4v) is 2.05. The molecule has 0 bridgehead atoms. The van der Waals surface area contributed by atoms with Crippen molar-refractivity contribution in [1.29, 1.82) is 0 Å². The number of pyridine rings is 1. The zero-order valence-corrected chi connectivity index (χ0v) is 12.8. The average Bonchev–Trinajstić information content (AvgIpc) is 2.49. The molecule has 1 aromatic heterocycles. The Morgan fingerprint density at radius 1 is 1.19 bits per heavy atom. The van der Waals surface area contributed by atoms with E-state index in [1.165, 1.54) is 0 Å². The van der Waals surface area contributed by atoms with Crippen molar-refractivity contribution in [2.75, 3.05) is 0 Å². The number of hydrogen-bond donors (Lipinski definition) is 1. The highest BCUT2D eigenvalue weighted by Crippen LogP contribution is 2.12. The van der Waals surface area contributed by atoms with Crippen LogP contribution in [0, 0.1) is 0 Å². The van der Waals surface area contributed by atoms with Crippen LogP contribution in [0.3, 0.4) is 0 Å². The minimum Gasteiger partial charge on any atom is -0.326 e. The van der Waals surface area contributed by atoms with Gasteiger partial charge in [-0.25, -0.2) is 0 Å². The lowest BCUT2D eigenvalue weighted by atomic mass is 10.1. The van der Waals surface area contributed by atoms with Gasteiger partial charge in [0, 0.05) is 29.9 Å². The van der Waals surface area contributed by atoms with Crippen LogP contribution in [-0.4, -0.2) is 10.6 Å². The van der Waals surface area contributed by atoms with Crippen molar-refractivity contribution in [2.24, 2.45) is 5.73 Å². The second kappa shape index (κ2) is 7.25. The molecule has 0 radical (unpaired) electrons. The molecule has 1 heterocycles. The van der Waals surface area contributed by atoms with E-state index in [0.717, 1.165) is 17.5 Å². The first-order valence-electron chi connectivity index (χ1n) is 6.98. The number of nitrogens with two attached hydrogens (primary N) is 1. The van der Waals surface area contributed by atoms with Crippen LogP contribution in [0.15, 0.2) is 47.4 Å². The highest BCUT2D eigenvalue weighted by molar-refractivity contribution is 6.30. The number of nitrogens with zero attached hydrogens (tertiary/aromatic N) is 1. The van der Waals surface area contributed by atoms with Crippen LogP contribution in [0.1, 0.15) is 24.5 Å². The van der Waals surface area contributed by atoms with Gasteiger partial charge in [0.1, 0.15) is 0 Å². The summed E-state index contributed by atoms with van der Waals surface area (Å²) in [6.07, 6.45) is 6.51. The molecule has 1 atom stereocenters. The Morgan fingerprint density at radius 2 is 1.86 bits per heavy atom. The monoisotopic (exact) mass is 302 g/mol. The Hall–Kier alpha value is -1.84. The van der Waals surface area contributed by atoms with Crippen molar-refractivity contribution in [3.05, 3.63) is 69.1 Å². The predicted molar refractivity (Wildman–Crippen MR) is 89.3 cm³/mol. The van der Waals surface area contributed by atoms with Crippen molar-refractivity contribution in [3.63, 3.8) is 0 Å². The van der Waals surface area contributed by atoms with Gasteiger partial charge in [-0.15, -0.1) is 0 Å². The molecule has 1 unspecified atom stereocenters. The van der Waals surface area contributed by atoms with E-state index in [1.807, 2.05) is 49.4 Å². The van der Waals surface area contributed by atoms with Gasteiger partial charge in [0.2, 0.25) is 0 Å². The van der Waals surface area contributed by atoms with Crippen LogP contribution in [0.25, 0.3) is 12.2 Å². The van der Waals surface area contributed by atoms with E-state index >= 15 is 0 Å². The van der Waals surface area contributed by atoms with Crippen molar-refractivity contribution in [1.82, 2.24) is 4.57 Å². The molecule has 0 amide bonds. The summed E-state index contributed by atoms with van der Waals surface area (Å²) in [5.41, 5.74) is 7.75. The summed E-state index contributed by atoms with van der Waals surface area (Å²) in [6.45, 7) is 2.56. The molecule has 0 spiro atoms. The summed E-state index contributed by atoms with van der Waals surface area (Å²) in [4.78, 5) is 12.0. The van der Waals surface area contributed by atoms with Crippen LogP contribution in [0.2, 0.25) is 5.02 Å². The Balaban J connectivity index is 2.13. The van der Waals surface area contributed by atoms with Gasteiger partial charge in [0.25, 0.3) is 5.56 Å². The summed E-state index contributed by atoms with van der Waals surface area (Å²) in [5, 5.41) is 0.710. The van der Waals surface area contributed by atoms with E-state index in [-0.39, 0.29) is 11.6 Å².